The van der Waals surface area contributed by atoms with Crippen LogP contribution in [-0.2, 0) is 15.7 Å². The Bertz CT molecular complexity index is 1010. The van der Waals surface area contributed by atoms with Crippen LogP contribution in [-0.4, -0.2) is 28.6 Å². The number of aromatic nitrogens is 2. The number of H-pyrrole nitrogens is 1. The highest BCUT2D eigenvalue weighted by molar-refractivity contribution is 5.79. The number of carbonyl (C=O) groups excluding carboxylic acids is 1. The molecule has 1 aromatic heterocycles. The molecule has 3 aromatic rings. The van der Waals surface area contributed by atoms with Crippen LogP contribution in [0.15, 0.2) is 48.5 Å². The van der Waals surface area contributed by atoms with Crippen molar-refractivity contribution in [3.05, 3.63) is 65.5 Å². The van der Waals surface area contributed by atoms with Crippen molar-refractivity contribution in [2.75, 3.05) is 6.61 Å². The van der Waals surface area contributed by atoms with Crippen LogP contribution in [0.2, 0.25) is 0 Å². The van der Waals surface area contributed by atoms with Gasteiger partial charge in [-0.3, -0.25) is 4.79 Å². The van der Waals surface area contributed by atoms with E-state index in [9.17, 15) is 18.0 Å². The van der Waals surface area contributed by atoms with Crippen LogP contribution in [0.4, 0.5) is 13.2 Å². The maximum absolute atomic E-state index is 13.0. The fourth-order valence-electron chi connectivity index (χ4n) is 3.80. The Morgan fingerprint density at radius 3 is 2.57 bits per heavy atom. The molecule has 5 nitrogen and oxygen atoms in total. The minimum atomic E-state index is -4.55. The predicted octanol–water partition coefficient (Wildman–Crippen LogP) is 4.75. The lowest BCUT2D eigenvalue weighted by Crippen LogP contribution is -2.33. The molecule has 4 rings (SSSR count). The van der Waals surface area contributed by atoms with Crippen LogP contribution in [0, 0.1) is 0 Å². The third kappa shape index (κ3) is 4.64. The van der Waals surface area contributed by atoms with E-state index in [-0.39, 0.29) is 29.7 Å². The van der Waals surface area contributed by atoms with E-state index < -0.39 is 18.0 Å². The van der Waals surface area contributed by atoms with Gasteiger partial charge in [0, 0.05) is 0 Å². The molecule has 2 N–H and O–H groups in total. The zero-order chi connectivity index (χ0) is 21.1. The lowest BCUT2D eigenvalue weighted by molar-refractivity contribution is -0.144. The Kier molecular flexibility index (Phi) is 5.76. The van der Waals surface area contributed by atoms with Gasteiger partial charge in [0.2, 0.25) is 11.7 Å². The van der Waals surface area contributed by atoms with Crippen molar-refractivity contribution >= 4 is 16.9 Å². The number of hydrogen-bond acceptors (Lipinski definition) is 3. The van der Waals surface area contributed by atoms with E-state index in [0.717, 1.165) is 31.2 Å². The zero-order valence-corrected chi connectivity index (χ0v) is 16.2. The Morgan fingerprint density at radius 1 is 1.13 bits per heavy atom. The van der Waals surface area contributed by atoms with Gasteiger partial charge in [-0.05, 0) is 36.1 Å². The van der Waals surface area contributed by atoms with Crippen molar-refractivity contribution in [3.63, 3.8) is 0 Å². The lowest BCUT2D eigenvalue weighted by atomic mass is 9.98. The van der Waals surface area contributed by atoms with Gasteiger partial charge in [0.15, 0.2) is 0 Å². The minimum absolute atomic E-state index is 0.0431. The van der Waals surface area contributed by atoms with E-state index in [4.69, 9.17) is 4.74 Å². The first-order chi connectivity index (χ1) is 14.4. The Morgan fingerprint density at radius 2 is 1.87 bits per heavy atom. The molecule has 1 aliphatic rings. The molecule has 30 heavy (non-hydrogen) atoms. The monoisotopic (exact) mass is 417 g/mol. The number of benzene rings is 2. The lowest BCUT2D eigenvalue weighted by Gasteiger charge is -2.21. The van der Waals surface area contributed by atoms with Gasteiger partial charge in [-0.15, -0.1) is 0 Å². The van der Waals surface area contributed by atoms with Gasteiger partial charge in [0.05, 0.1) is 23.2 Å². The number of nitrogens with one attached hydrogen (secondary N) is 2. The summed E-state index contributed by atoms with van der Waals surface area (Å²) >= 11 is 0. The number of carbonyl (C=O) groups is 1. The standard InChI is InChI=1S/C22H22F3N3O2/c23-22(24,25)21-26-17-11-10-15(12-18(17)27-21)20(14-6-2-1-3-7-14)28-19(29)13-30-16-8-4-5-9-16/h1-3,6-7,10-12,16,20H,4-5,8-9,13H2,(H,26,27)(H,28,29). The largest absolute Gasteiger partial charge is 0.449 e. The van der Waals surface area contributed by atoms with Gasteiger partial charge in [-0.2, -0.15) is 13.2 Å². The molecule has 1 aliphatic carbocycles. The van der Waals surface area contributed by atoms with Gasteiger partial charge in [0.1, 0.15) is 6.61 Å². The molecule has 1 unspecified atom stereocenters. The van der Waals surface area contributed by atoms with E-state index in [1.54, 1.807) is 12.1 Å². The summed E-state index contributed by atoms with van der Waals surface area (Å²) in [5, 5.41) is 2.95. The average molecular weight is 417 g/mol. The molecule has 0 bridgehead atoms. The number of halogens is 3. The topological polar surface area (TPSA) is 67.0 Å². The van der Waals surface area contributed by atoms with Crippen molar-refractivity contribution in [2.24, 2.45) is 0 Å². The smallest absolute Gasteiger partial charge is 0.368 e. The molecular formula is C22H22F3N3O2. The summed E-state index contributed by atoms with van der Waals surface area (Å²) in [7, 11) is 0. The van der Waals surface area contributed by atoms with Crippen molar-refractivity contribution in [2.45, 2.75) is 44.0 Å². The second-order valence-corrected chi connectivity index (χ2v) is 7.49. The molecule has 1 atom stereocenters. The molecule has 1 fully saturated rings. The molecule has 8 heteroatoms. The van der Waals surface area contributed by atoms with Crippen LogP contribution in [0.3, 0.4) is 0 Å². The van der Waals surface area contributed by atoms with Crippen LogP contribution in [0.1, 0.15) is 48.7 Å². The number of ether oxygens (including phenoxy) is 1. The van der Waals surface area contributed by atoms with E-state index in [1.807, 2.05) is 30.3 Å². The molecule has 0 aliphatic heterocycles. The van der Waals surface area contributed by atoms with Crippen molar-refractivity contribution in [3.8, 4) is 0 Å². The fraction of sp³-hybridized carbons (Fsp3) is 0.364. The summed E-state index contributed by atoms with van der Waals surface area (Å²) < 4.78 is 44.6. The highest BCUT2D eigenvalue weighted by atomic mass is 19.4. The maximum atomic E-state index is 13.0. The van der Waals surface area contributed by atoms with Crippen LogP contribution < -0.4 is 5.32 Å². The van der Waals surface area contributed by atoms with Gasteiger partial charge in [-0.25, -0.2) is 4.98 Å². The van der Waals surface area contributed by atoms with Crippen LogP contribution in [0.25, 0.3) is 11.0 Å². The number of amides is 1. The SMILES string of the molecule is O=C(COC1CCCC1)NC(c1ccccc1)c1ccc2nc(C(F)(F)F)[nH]c2c1. The van der Waals surface area contributed by atoms with E-state index in [1.165, 1.54) is 6.07 Å². The molecule has 158 valence electrons. The molecular weight excluding hydrogens is 395 g/mol. The summed E-state index contributed by atoms with van der Waals surface area (Å²) in [6.45, 7) is -0.0431. The normalized spacial score (nSPS) is 16.1. The Labute approximate surface area is 171 Å². The third-order valence-electron chi connectivity index (χ3n) is 5.30. The summed E-state index contributed by atoms with van der Waals surface area (Å²) in [6, 6.07) is 13.6. The second-order valence-electron chi connectivity index (χ2n) is 7.49. The van der Waals surface area contributed by atoms with Gasteiger partial charge in [-0.1, -0.05) is 49.2 Å². The molecule has 0 saturated heterocycles. The molecule has 1 heterocycles. The average Bonchev–Trinajstić information content (AvgIpc) is 3.40. The van der Waals surface area contributed by atoms with Gasteiger partial charge < -0.3 is 15.0 Å². The summed E-state index contributed by atoms with van der Waals surface area (Å²) in [6.07, 6.45) is -0.274. The van der Waals surface area contributed by atoms with Crippen LogP contribution in [0.5, 0.6) is 0 Å². The summed E-state index contributed by atoms with van der Waals surface area (Å²) in [5.41, 5.74) is 1.95. The first kappa shape index (κ1) is 20.4. The number of rotatable bonds is 6. The van der Waals surface area contributed by atoms with Crippen molar-refractivity contribution < 1.29 is 22.7 Å². The second kappa shape index (κ2) is 8.47. The number of hydrogen-bond donors (Lipinski definition) is 2. The molecule has 0 radical (unpaired) electrons. The highest BCUT2D eigenvalue weighted by Gasteiger charge is 2.34. The summed E-state index contributed by atoms with van der Waals surface area (Å²) in [4.78, 5) is 18.5. The first-order valence-corrected chi connectivity index (χ1v) is 9.93. The first-order valence-electron chi connectivity index (χ1n) is 9.93. The number of fused-ring (bicyclic) bond motifs is 1. The summed E-state index contributed by atoms with van der Waals surface area (Å²) in [5.74, 6) is -1.31. The maximum Gasteiger partial charge on any atom is 0.449 e. The Balaban J connectivity index is 1.58. The fourth-order valence-corrected chi connectivity index (χ4v) is 3.80. The Hall–Kier alpha value is -2.87. The van der Waals surface area contributed by atoms with Crippen LogP contribution >= 0.6 is 0 Å². The molecule has 2 aromatic carbocycles. The molecule has 1 saturated carbocycles. The van der Waals surface area contributed by atoms with E-state index >= 15 is 0 Å². The number of aromatic amines is 1. The zero-order valence-electron chi connectivity index (χ0n) is 16.2. The third-order valence-corrected chi connectivity index (χ3v) is 5.30. The van der Waals surface area contributed by atoms with E-state index in [0.29, 0.717) is 5.56 Å². The number of alkyl halides is 3. The molecule has 0 spiro atoms. The van der Waals surface area contributed by atoms with Gasteiger partial charge >= 0.3 is 6.18 Å². The van der Waals surface area contributed by atoms with E-state index in [2.05, 4.69) is 15.3 Å². The number of nitrogens with zero attached hydrogens (tertiary/aromatic N) is 1. The number of imidazole rings is 1. The van der Waals surface area contributed by atoms with Crippen molar-refractivity contribution in [1.82, 2.24) is 15.3 Å². The van der Waals surface area contributed by atoms with Gasteiger partial charge in [0.25, 0.3) is 0 Å². The minimum Gasteiger partial charge on any atom is -0.368 e. The van der Waals surface area contributed by atoms with Crippen molar-refractivity contribution in [1.29, 1.82) is 0 Å². The quantitative estimate of drug-likeness (QED) is 0.609. The highest BCUT2D eigenvalue weighted by Crippen LogP contribution is 2.30. The predicted molar refractivity (Wildman–Crippen MR) is 106 cm³/mol. The molecule has 1 amide bonds.